The summed E-state index contributed by atoms with van der Waals surface area (Å²) >= 11 is 5.67. The maximum absolute atomic E-state index is 5.86. The molecular formula is C22H27NO3S. The summed E-state index contributed by atoms with van der Waals surface area (Å²) < 4.78 is 17.2. The van der Waals surface area contributed by atoms with Gasteiger partial charge in [0.25, 0.3) is 0 Å². The average Bonchev–Trinajstić information content (AvgIpc) is 2.72. The van der Waals surface area contributed by atoms with Crippen LogP contribution in [0.5, 0.6) is 17.2 Å². The number of benzene rings is 2. The van der Waals surface area contributed by atoms with Gasteiger partial charge in [0.2, 0.25) is 0 Å². The molecule has 0 saturated carbocycles. The number of piperidine rings is 1. The molecule has 0 aromatic heterocycles. The minimum absolute atomic E-state index is 0.445. The van der Waals surface area contributed by atoms with Gasteiger partial charge in [-0.25, -0.2) is 0 Å². The number of hydrogen-bond acceptors (Lipinski definition) is 4. The standard InChI is InChI=1S/C22H27NO3S/c1-17-8-4-5-9-19(17)25-14-15-26-20-11-10-18(16-21(20)24-2)22(27)23-12-6-3-7-13-23/h4-5,8-11,16H,3,6-7,12-15H2,1-2H3. The van der Waals surface area contributed by atoms with Crippen molar-refractivity contribution >= 4 is 17.2 Å². The fourth-order valence-corrected chi connectivity index (χ4v) is 3.53. The first kappa shape index (κ1) is 19.5. The summed E-state index contributed by atoms with van der Waals surface area (Å²) in [5.74, 6) is 2.29. The number of para-hydroxylation sites is 1. The monoisotopic (exact) mass is 385 g/mol. The van der Waals surface area contributed by atoms with Gasteiger partial charge in [-0.15, -0.1) is 0 Å². The van der Waals surface area contributed by atoms with Crippen LogP contribution in [0.3, 0.4) is 0 Å². The Morgan fingerprint density at radius 1 is 0.926 bits per heavy atom. The van der Waals surface area contributed by atoms with Crippen LogP contribution in [0.15, 0.2) is 42.5 Å². The molecule has 2 aromatic carbocycles. The van der Waals surface area contributed by atoms with Gasteiger partial charge in [-0.1, -0.05) is 30.4 Å². The SMILES string of the molecule is COc1cc(C(=S)N2CCCCC2)ccc1OCCOc1ccccc1C. The summed E-state index contributed by atoms with van der Waals surface area (Å²) in [6.07, 6.45) is 3.71. The van der Waals surface area contributed by atoms with Crippen LogP contribution >= 0.6 is 12.2 Å². The van der Waals surface area contributed by atoms with Crippen LogP contribution in [0, 0.1) is 6.92 Å². The third kappa shape index (κ3) is 5.13. The van der Waals surface area contributed by atoms with E-state index in [1.165, 1.54) is 19.3 Å². The zero-order chi connectivity index (χ0) is 19.1. The van der Waals surface area contributed by atoms with E-state index in [0.717, 1.165) is 35.0 Å². The number of ether oxygens (including phenoxy) is 3. The maximum atomic E-state index is 5.86. The molecule has 0 unspecified atom stereocenters. The van der Waals surface area contributed by atoms with Crippen molar-refractivity contribution in [3.63, 3.8) is 0 Å². The first-order valence-electron chi connectivity index (χ1n) is 9.47. The van der Waals surface area contributed by atoms with E-state index >= 15 is 0 Å². The van der Waals surface area contributed by atoms with E-state index < -0.39 is 0 Å². The van der Waals surface area contributed by atoms with E-state index in [2.05, 4.69) is 4.90 Å². The summed E-state index contributed by atoms with van der Waals surface area (Å²) in [5.41, 5.74) is 2.12. The fourth-order valence-electron chi connectivity index (χ4n) is 3.22. The summed E-state index contributed by atoms with van der Waals surface area (Å²) in [5, 5.41) is 0. The van der Waals surface area contributed by atoms with E-state index in [1.807, 2.05) is 49.4 Å². The quantitative estimate of drug-likeness (QED) is 0.513. The lowest BCUT2D eigenvalue weighted by molar-refractivity contribution is 0.210. The minimum atomic E-state index is 0.445. The second-order valence-electron chi connectivity index (χ2n) is 6.68. The van der Waals surface area contributed by atoms with Crippen LogP contribution in [0.25, 0.3) is 0 Å². The van der Waals surface area contributed by atoms with Gasteiger partial charge in [0.05, 0.1) is 7.11 Å². The first-order chi connectivity index (χ1) is 13.2. The zero-order valence-corrected chi connectivity index (χ0v) is 16.9. The third-order valence-corrected chi connectivity index (χ3v) is 5.24. The molecule has 0 N–H and O–H groups in total. The number of nitrogens with zero attached hydrogens (tertiary/aromatic N) is 1. The molecule has 144 valence electrons. The van der Waals surface area contributed by atoms with Crippen molar-refractivity contribution in [3.05, 3.63) is 53.6 Å². The molecule has 1 aliphatic heterocycles. The highest BCUT2D eigenvalue weighted by molar-refractivity contribution is 7.80. The number of hydrogen-bond donors (Lipinski definition) is 0. The zero-order valence-electron chi connectivity index (χ0n) is 16.1. The van der Waals surface area contributed by atoms with Gasteiger partial charge in [0.1, 0.15) is 24.0 Å². The second-order valence-corrected chi connectivity index (χ2v) is 7.07. The predicted molar refractivity (Wildman–Crippen MR) is 112 cm³/mol. The lowest BCUT2D eigenvalue weighted by Gasteiger charge is -2.29. The molecule has 0 amide bonds. The van der Waals surface area contributed by atoms with E-state index in [1.54, 1.807) is 7.11 Å². The van der Waals surface area contributed by atoms with Gasteiger partial charge in [-0.3, -0.25) is 0 Å². The van der Waals surface area contributed by atoms with Gasteiger partial charge in [-0.05, 0) is 56.0 Å². The molecule has 0 aliphatic carbocycles. The van der Waals surface area contributed by atoms with E-state index in [-0.39, 0.29) is 0 Å². The van der Waals surface area contributed by atoms with Crippen molar-refractivity contribution in [3.8, 4) is 17.2 Å². The molecule has 5 heteroatoms. The lowest BCUT2D eigenvalue weighted by atomic mass is 10.1. The van der Waals surface area contributed by atoms with Crippen molar-refractivity contribution in [2.75, 3.05) is 33.4 Å². The molecule has 3 rings (SSSR count). The molecule has 1 fully saturated rings. The summed E-state index contributed by atoms with van der Waals surface area (Å²) in [4.78, 5) is 3.17. The van der Waals surface area contributed by atoms with Crippen LogP contribution in [-0.4, -0.2) is 43.3 Å². The molecule has 1 aliphatic rings. The van der Waals surface area contributed by atoms with Crippen molar-refractivity contribution in [1.82, 2.24) is 4.90 Å². The summed E-state index contributed by atoms with van der Waals surface area (Å²) in [6.45, 7) is 5.02. The van der Waals surface area contributed by atoms with Gasteiger partial charge in [-0.2, -0.15) is 0 Å². The highest BCUT2D eigenvalue weighted by atomic mass is 32.1. The largest absolute Gasteiger partial charge is 0.493 e. The van der Waals surface area contributed by atoms with E-state index in [4.69, 9.17) is 26.4 Å². The Morgan fingerprint density at radius 2 is 1.63 bits per heavy atom. The summed E-state index contributed by atoms with van der Waals surface area (Å²) in [6, 6.07) is 13.9. The Hall–Kier alpha value is -2.27. The molecule has 0 atom stereocenters. The molecule has 1 saturated heterocycles. The van der Waals surface area contributed by atoms with Gasteiger partial charge in [0.15, 0.2) is 11.5 Å². The third-order valence-electron chi connectivity index (χ3n) is 4.75. The molecule has 0 radical (unpaired) electrons. The summed E-state index contributed by atoms with van der Waals surface area (Å²) in [7, 11) is 1.65. The Morgan fingerprint density at radius 3 is 2.33 bits per heavy atom. The van der Waals surface area contributed by atoms with Crippen molar-refractivity contribution in [1.29, 1.82) is 0 Å². The predicted octanol–water partition coefficient (Wildman–Crippen LogP) is 4.62. The number of likely N-dealkylation sites (tertiary alicyclic amines) is 1. The van der Waals surface area contributed by atoms with Crippen LogP contribution in [0.4, 0.5) is 0 Å². The van der Waals surface area contributed by atoms with Crippen LogP contribution in [0.1, 0.15) is 30.4 Å². The number of thiocarbonyl (C=S) groups is 1. The first-order valence-corrected chi connectivity index (χ1v) is 9.88. The molecule has 4 nitrogen and oxygen atoms in total. The normalized spacial score (nSPS) is 13.9. The van der Waals surface area contributed by atoms with Gasteiger partial charge >= 0.3 is 0 Å². The van der Waals surface area contributed by atoms with Gasteiger partial charge < -0.3 is 19.1 Å². The average molecular weight is 386 g/mol. The Labute approximate surface area is 167 Å². The number of methoxy groups -OCH3 is 1. The lowest BCUT2D eigenvalue weighted by Crippen LogP contribution is -2.34. The Bertz CT molecular complexity index is 772. The Kier molecular flexibility index (Phi) is 6.93. The highest BCUT2D eigenvalue weighted by Crippen LogP contribution is 2.29. The molecule has 0 bridgehead atoms. The van der Waals surface area contributed by atoms with Crippen LogP contribution < -0.4 is 14.2 Å². The van der Waals surface area contributed by atoms with Crippen molar-refractivity contribution in [2.45, 2.75) is 26.2 Å². The molecule has 1 heterocycles. The maximum Gasteiger partial charge on any atom is 0.161 e. The molecule has 2 aromatic rings. The smallest absolute Gasteiger partial charge is 0.161 e. The van der Waals surface area contributed by atoms with Crippen LogP contribution in [0.2, 0.25) is 0 Å². The van der Waals surface area contributed by atoms with Crippen LogP contribution in [-0.2, 0) is 0 Å². The van der Waals surface area contributed by atoms with Crippen molar-refractivity contribution in [2.24, 2.45) is 0 Å². The number of rotatable bonds is 7. The Balaban J connectivity index is 1.57. The molecular weight excluding hydrogens is 358 g/mol. The van der Waals surface area contributed by atoms with E-state index in [9.17, 15) is 0 Å². The number of aryl methyl sites for hydroxylation is 1. The topological polar surface area (TPSA) is 30.9 Å². The minimum Gasteiger partial charge on any atom is -0.493 e. The van der Waals surface area contributed by atoms with E-state index in [0.29, 0.717) is 24.7 Å². The van der Waals surface area contributed by atoms with Gasteiger partial charge in [0, 0.05) is 18.7 Å². The van der Waals surface area contributed by atoms with Crippen molar-refractivity contribution < 1.29 is 14.2 Å². The highest BCUT2D eigenvalue weighted by Gasteiger charge is 2.16. The second kappa shape index (κ2) is 9.60. The molecule has 27 heavy (non-hydrogen) atoms. The molecule has 0 spiro atoms. The fraction of sp³-hybridized carbons (Fsp3) is 0.409.